The third-order valence-corrected chi connectivity index (χ3v) is 4.65. The van der Waals surface area contributed by atoms with Gasteiger partial charge in [0.25, 0.3) is 10.0 Å². The summed E-state index contributed by atoms with van der Waals surface area (Å²) in [5.41, 5.74) is 1.42. The highest BCUT2D eigenvalue weighted by Gasteiger charge is 2.26. The molecule has 1 unspecified atom stereocenters. The Morgan fingerprint density at radius 3 is 2.57 bits per heavy atom. The Balaban J connectivity index is 2.97. The van der Waals surface area contributed by atoms with Gasteiger partial charge in [-0.05, 0) is 13.3 Å². The quantitative estimate of drug-likeness (QED) is 0.629. The van der Waals surface area contributed by atoms with E-state index in [1.165, 1.54) is 0 Å². The Hall–Kier alpha value is -0.960. The number of rotatable bonds is 9. The maximum Gasteiger partial charge on any atom is 0.260 e. The lowest BCUT2D eigenvalue weighted by atomic mass is 10.2. The van der Waals surface area contributed by atoms with E-state index in [-0.39, 0.29) is 17.1 Å². The van der Waals surface area contributed by atoms with Crippen LogP contribution >= 0.6 is 0 Å². The van der Waals surface area contributed by atoms with Gasteiger partial charge in [0.05, 0.1) is 6.61 Å². The van der Waals surface area contributed by atoms with Crippen molar-refractivity contribution in [2.75, 3.05) is 13.7 Å². The van der Waals surface area contributed by atoms with Gasteiger partial charge in [-0.25, -0.2) is 13.1 Å². The molecule has 0 aliphatic heterocycles. The van der Waals surface area contributed by atoms with Gasteiger partial charge >= 0.3 is 0 Å². The van der Waals surface area contributed by atoms with Gasteiger partial charge in [0.1, 0.15) is 0 Å². The van der Waals surface area contributed by atoms with Gasteiger partial charge in [-0.3, -0.25) is 5.10 Å². The molecule has 7 nitrogen and oxygen atoms in total. The SMILES string of the molecule is CCC(COC)NS(=O)(=O)c1n[nH]c(C)c1CNC(C)C. The summed E-state index contributed by atoms with van der Waals surface area (Å²) in [7, 11) is -2.11. The average Bonchev–Trinajstić information content (AvgIpc) is 2.77. The molecule has 0 aromatic carbocycles. The first-order valence-electron chi connectivity index (χ1n) is 7.10. The fourth-order valence-corrected chi connectivity index (χ4v) is 3.38. The first-order chi connectivity index (χ1) is 9.81. The van der Waals surface area contributed by atoms with Gasteiger partial charge < -0.3 is 10.1 Å². The molecule has 0 spiro atoms. The van der Waals surface area contributed by atoms with Gasteiger partial charge in [-0.2, -0.15) is 5.10 Å². The molecule has 1 atom stereocenters. The highest BCUT2D eigenvalue weighted by atomic mass is 32.2. The van der Waals surface area contributed by atoms with Crippen LogP contribution in [0.5, 0.6) is 0 Å². The largest absolute Gasteiger partial charge is 0.383 e. The fraction of sp³-hybridized carbons (Fsp3) is 0.769. The maximum absolute atomic E-state index is 12.5. The Morgan fingerprint density at radius 1 is 1.38 bits per heavy atom. The van der Waals surface area contributed by atoms with Crippen LogP contribution in [0, 0.1) is 6.92 Å². The molecule has 1 aromatic heterocycles. The Bertz CT molecular complexity index is 540. The van der Waals surface area contributed by atoms with Crippen LogP contribution in [-0.2, 0) is 21.3 Å². The first kappa shape index (κ1) is 18.1. The molecule has 0 bridgehead atoms. The molecule has 0 fully saturated rings. The van der Waals surface area contributed by atoms with E-state index >= 15 is 0 Å². The van der Waals surface area contributed by atoms with Crippen molar-refractivity contribution in [3.05, 3.63) is 11.3 Å². The predicted octanol–water partition coefficient (Wildman–Crippen LogP) is 0.919. The zero-order valence-corrected chi connectivity index (χ0v) is 14.2. The highest BCUT2D eigenvalue weighted by Crippen LogP contribution is 2.17. The van der Waals surface area contributed by atoms with Crippen molar-refractivity contribution in [3.8, 4) is 0 Å². The number of sulfonamides is 1. The average molecular weight is 318 g/mol. The second-order valence-corrected chi connectivity index (χ2v) is 6.98. The maximum atomic E-state index is 12.5. The smallest absolute Gasteiger partial charge is 0.260 e. The molecule has 0 amide bonds. The van der Waals surface area contributed by atoms with Crippen LogP contribution in [0.1, 0.15) is 38.4 Å². The zero-order chi connectivity index (χ0) is 16.0. The third kappa shape index (κ3) is 5.06. The number of hydrogen-bond donors (Lipinski definition) is 3. The van der Waals surface area contributed by atoms with E-state index in [9.17, 15) is 8.42 Å². The molecule has 8 heteroatoms. The lowest BCUT2D eigenvalue weighted by Gasteiger charge is -2.16. The minimum atomic E-state index is -3.66. The molecule has 1 heterocycles. The fourth-order valence-electron chi connectivity index (χ4n) is 1.88. The predicted molar refractivity (Wildman–Crippen MR) is 81.6 cm³/mol. The normalized spacial score (nSPS) is 13.8. The van der Waals surface area contributed by atoms with Crippen LogP contribution < -0.4 is 10.0 Å². The van der Waals surface area contributed by atoms with Crippen LogP contribution in [0.15, 0.2) is 5.03 Å². The third-order valence-electron chi connectivity index (χ3n) is 3.16. The number of H-pyrrole nitrogens is 1. The number of ether oxygens (including phenoxy) is 1. The summed E-state index contributed by atoms with van der Waals surface area (Å²) < 4.78 is 32.6. The summed E-state index contributed by atoms with van der Waals surface area (Å²) in [6, 6.07) is 0.00242. The number of aromatic nitrogens is 2. The Kier molecular flexibility index (Phi) is 6.79. The van der Waals surface area contributed by atoms with E-state index in [0.29, 0.717) is 25.1 Å². The second kappa shape index (κ2) is 7.88. The number of hydrogen-bond acceptors (Lipinski definition) is 5. The molecule has 1 aromatic rings. The van der Waals surface area contributed by atoms with Crippen molar-refractivity contribution in [2.45, 2.75) is 57.8 Å². The number of methoxy groups -OCH3 is 1. The first-order valence-corrected chi connectivity index (χ1v) is 8.58. The molecule has 21 heavy (non-hydrogen) atoms. The zero-order valence-electron chi connectivity index (χ0n) is 13.4. The van der Waals surface area contributed by atoms with E-state index in [2.05, 4.69) is 20.2 Å². The van der Waals surface area contributed by atoms with E-state index in [1.54, 1.807) is 7.11 Å². The molecule has 3 N–H and O–H groups in total. The van der Waals surface area contributed by atoms with Gasteiger partial charge in [-0.1, -0.05) is 20.8 Å². The second-order valence-electron chi connectivity index (χ2n) is 5.35. The molecular weight excluding hydrogens is 292 g/mol. The molecular formula is C13H26N4O3S. The van der Waals surface area contributed by atoms with Crippen molar-refractivity contribution >= 4 is 10.0 Å². The van der Waals surface area contributed by atoms with E-state index in [0.717, 1.165) is 5.69 Å². The highest BCUT2D eigenvalue weighted by molar-refractivity contribution is 7.89. The number of aryl methyl sites for hydroxylation is 1. The van der Waals surface area contributed by atoms with Crippen molar-refractivity contribution in [1.29, 1.82) is 0 Å². The summed E-state index contributed by atoms with van der Waals surface area (Å²) in [4.78, 5) is 0. The van der Waals surface area contributed by atoms with E-state index in [1.807, 2.05) is 27.7 Å². The van der Waals surface area contributed by atoms with Crippen LogP contribution in [0.3, 0.4) is 0 Å². The molecule has 0 saturated heterocycles. The van der Waals surface area contributed by atoms with Crippen molar-refractivity contribution < 1.29 is 13.2 Å². The minimum absolute atomic E-state index is 0.0581. The molecule has 1 rings (SSSR count). The standard InChI is InChI=1S/C13H26N4O3S/c1-6-11(8-20-5)17-21(18,19)13-12(7-14-9(2)3)10(4)15-16-13/h9,11,14,17H,6-8H2,1-5H3,(H,15,16). The van der Waals surface area contributed by atoms with Crippen molar-refractivity contribution in [3.63, 3.8) is 0 Å². The monoisotopic (exact) mass is 318 g/mol. The summed E-state index contributed by atoms with van der Waals surface area (Å²) in [5, 5.41) is 9.98. The van der Waals surface area contributed by atoms with Gasteiger partial charge in [0.2, 0.25) is 0 Å². The topological polar surface area (TPSA) is 96.1 Å². The summed E-state index contributed by atoms with van der Waals surface area (Å²) in [5.74, 6) is 0. The lowest BCUT2D eigenvalue weighted by Crippen LogP contribution is -2.38. The summed E-state index contributed by atoms with van der Waals surface area (Å²) >= 11 is 0. The van der Waals surface area contributed by atoms with Crippen LogP contribution in [0.4, 0.5) is 0 Å². The number of nitrogens with one attached hydrogen (secondary N) is 3. The van der Waals surface area contributed by atoms with Crippen LogP contribution in [0.2, 0.25) is 0 Å². The lowest BCUT2D eigenvalue weighted by molar-refractivity contribution is 0.173. The molecule has 0 aliphatic carbocycles. The molecule has 0 saturated carbocycles. The molecule has 0 aliphatic rings. The van der Waals surface area contributed by atoms with Gasteiger partial charge in [-0.15, -0.1) is 0 Å². The minimum Gasteiger partial charge on any atom is -0.383 e. The molecule has 0 radical (unpaired) electrons. The van der Waals surface area contributed by atoms with Crippen LogP contribution in [-0.4, -0.2) is 44.4 Å². The summed E-state index contributed by atoms with van der Waals surface area (Å²) in [6.07, 6.45) is 0.649. The van der Waals surface area contributed by atoms with Crippen LogP contribution in [0.25, 0.3) is 0 Å². The number of nitrogens with zero attached hydrogens (tertiary/aromatic N) is 1. The van der Waals surface area contributed by atoms with E-state index in [4.69, 9.17) is 4.74 Å². The number of aromatic amines is 1. The Labute approximate surface area is 126 Å². The Morgan fingerprint density at radius 2 is 2.05 bits per heavy atom. The molecule has 122 valence electrons. The van der Waals surface area contributed by atoms with Crippen molar-refractivity contribution in [1.82, 2.24) is 20.2 Å². The van der Waals surface area contributed by atoms with Gasteiger partial charge in [0.15, 0.2) is 5.03 Å². The van der Waals surface area contributed by atoms with E-state index < -0.39 is 10.0 Å². The summed E-state index contributed by atoms with van der Waals surface area (Å²) in [6.45, 7) is 8.52. The van der Waals surface area contributed by atoms with Crippen molar-refractivity contribution in [2.24, 2.45) is 0 Å². The van der Waals surface area contributed by atoms with Gasteiger partial charge in [0, 0.05) is 37.0 Å².